The second-order valence-corrected chi connectivity index (χ2v) is 11.0. The fraction of sp³-hybridized carbons (Fsp3) is 0.500. The molecule has 0 bridgehead atoms. The molecule has 0 unspecified atom stereocenters. The standard InChI is InChI=1S/C30H36FN3O4/c31-22-11-13-25(14-12-22)34(26-15-16-26)29(38)32-19-17-30(18-20-32,28(36)37)21-27(35)33(23-7-3-1-4-8-23)24-9-5-2-6-10-24/h1,3-4,7-8,11-14,24,26H,2,5-6,9-10,15-21H2,(H,36,37). The zero-order chi connectivity index (χ0) is 26.7. The molecule has 2 saturated carbocycles. The molecule has 0 atom stereocenters. The van der Waals surface area contributed by atoms with E-state index in [1.54, 1.807) is 21.9 Å². The molecular formula is C30H36FN3O4. The van der Waals surface area contributed by atoms with Crippen molar-refractivity contribution in [3.8, 4) is 0 Å². The first-order valence-electron chi connectivity index (χ1n) is 13.8. The molecule has 202 valence electrons. The van der Waals surface area contributed by atoms with Crippen molar-refractivity contribution in [2.45, 2.75) is 76.3 Å². The van der Waals surface area contributed by atoms with Gasteiger partial charge in [0.25, 0.3) is 0 Å². The summed E-state index contributed by atoms with van der Waals surface area (Å²) in [6, 6.07) is 15.5. The van der Waals surface area contributed by atoms with Crippen molar-refractivity contribution < 1.29 is 23.9 Å². The van der Waals surface area contributed by atoms with Gasteiger partial charge in [0.15, 0.2) is 0 Å². The predicted octanol–water partition coefficient (Wildman–Crippen LogP) is 5.84. The molecule has 8 heteroatoms. The summed E-state index contributed by atoms with van der Waals surface area (Å²) in [6.45, 7) is 0.523. The number of anilines is 2. The first-order valence-corrected chi connectivity index (χ1v) is 13.8. The molecule has 7 nitrogen and oxygen atoms in total. The Morgan fingerprint density at radius 2 is 1.39 bits per heavy atom. The van der Waals surface area contributed by atoms with E-state index in [0.717, 1.165) is 50.6 Å². The Hall–Kier alpha value is -3.42. The van der Waals surface area contributed by atoms with Crippen LogP contribution in [-0.4, -0.2) is 53.1 Å². The number of benzene rings is 2. The minimum atomic E-state index is -1.21. The van der Waals surface area contributed by atoms with E-state index in [1.165, 1.54) is 12.1 Å². The number of piperidine rings is 1. The number of para-hydroxylation sites is 1. The predicted molar refractivity (Wildman–Crippen MR) is 144 cm³/mol. The van der Waals surface area contributed by atoms with E-state index in [9.17, 15) is 23.9 Å². The largest absolute Gasteiger partial charge is 0.481 e. The number of carboxylic acid groups (broad SMARTS) is 1. The number of amides is 3. The zero-order valence-corrected chi connectivity index (χ0v) is 21.7. The smallest absolute Gasteiger partial charge is 0.324 e. The van der Waals surface area contributed by atoms with Crippen LogP contribution in [-0.2, 0) is 9.59 Å². The second-order valence-electron chi connectivity index (χ2n) is 11.0. The number of likely N-dealkylation sites (tertiary alicyclic amines) is 1. The quantitative estimate of drug-likeness (QED) is 0.497. The zero-order valence-electron chi connectivity index (χ0n) is 21.7. The number of halogens is 1. The number of hydrogen-bond acceptors (Lipinski definition) is 3. The molecule has 1 N–H and O–H groups in total. The summed E-state index contributed by atoms with van der Waals surface area (Å²) in [5, 5.41) is 10.3. The van der Waals surface area contributed by atoms with Gasteiger partial charge in [0.05, 0.1) is 5.41 Å². The highest BCUT2D eigenvalue weighted by Crippen LogP contribution is 2.40. The second kappa shape index (κ2) is 11.1. The topological polar surface area (TPSA) is 81.2 Å². The van der Waals surface area contributed by atoms with E-state index >= 15 is 0 Å². The van der Waals surface area contributed by atoms with Crippen molar-refractivity contribution >= 4 is 29.3 Å². The third-order valence-electron chi connectivity index (χ3n) is 8.40. The van der Waals surface area contributed by atoms with E-state index in [2.05, 4.69) is 0 Å². The van der Waals surface area contributed by atoms with Gasteiger partial charge in [-0.05, 0) is 74.9 Å². The Morgan fingerprint density at radius 1 is 0.816 bits per heavy atom. The summed E-state index contributed by atoms with van der Waals surface area (Å²) >= 11 is 0. The number of carboxylic acids is 1. The van der Waals surface area contributed by atoms with E-state index in [-0.39, 0.29) is 62.2 Å². The fourth-order valence-electron chi connectivity index (χ4n) is 6.02. The Bertz CT molecular complexity index is 1140. The number of nitrogens with zero attached hydrogens (tertiary/aromatic N) is 3. The van der Waals surface area contributed by atoms with Gasteiger partial charge in [-0.1, -0.05) is 37.5 Å². The lowest BCUT2D eigenvalue weighted by molar-refractivity contribution is -0.154. The van der Waals surface area contributed by atoms with Crippen molar-refractivity contribution in [2.75, 3.05) is 22.9 Å². The van der Waals surface area contributed by atoms with Crippen LogP contribution in [0.1, 0.15) is 64.2 Å². The molecule has 2 aromatic rings. The number of aliphatic carboxylic acids is 1. The minimum absolute atomic E-state index is 0.0778. The summed E-state index contributed by atoms with van der Waals surface area (Å²) in [5.74, 6) is -1.49. The van der Waals surface area contributed by atoms with Gasteiger partial charge < -0.3 is 14.9 Å². The molecule has 3 aliphatic rings. The van der Waals surface area contributed by atoms with Crippen molar-refractivity contribution in [3.63, 3.8) is 0 Å². The molecule has 38 heavy (non-hydrogen) atoms. The fourth-order valence-corrected chi connectivity index (χ4v) is 6.02. The molecule has 3 fully saturated rings. The molecule has 3 amide bonds. The number of urea groups is 1. The van der Waals surface area contributed by atoms with E-state index < -0.39 is 11.4 Å². The van der Waals surface area contributed by atoms with Gasteiger partial charge >= 0.3 is 12.0 Å². The summed E-state index contributed by atoms with van der Waals surface area (Å²) in [4.78, 5) is 45.1. The van der Waals surface area contributed by atoms with Crippen LogP contribution in [0.5, 0.6) is 0 Å². The maximum Gasteiger partial charge on any atom is 0.324 e. The maximum absolute atomic E-state index is 13.8. The van der Waals surface area contributed by atoms with Gasteiger partial charge in [0.2, 0.25) is 5.91 Å². The Kier molecular flexibility index (Phi) is 7.68. The van der Waals surface area contributed by atoms with Crippen LogP contribution in [0.25, 0.3) is 0 Å². The third-order valence-corrected chi connectivity index (χ3v) is 8.40. The van der Waals surface area contributed by atoms with Crippen LogP contribution in [0, 0.1) is 11.2 Å². The summed E-state index contributed by atoms with van der Waals surface area (Å²) in [5.41, 5.74) is 0.252. The maximum atomic E-state index is 13.8. The van der Waals surface area contributed by atoms with Gasteiger partial charge in [-0.2, -0.15) is 0 Å². The summed E-state index contributed by atoms with van der Waals surface area (Å²) < 4.78 is 13.5. The Balaban J connectivity index is 1.30. The monoisotopic (exact) mass is 521 g/mol. The summed E-state index contributed by atoms with van der Waals surface area (Å²) in [7, 11) is 0. The van der Waals surface area contributed by atoms with Gasteiger partial charge in [0, 0.05) is 43.0 Å². The highest BCUT2D eigenvalue weighted by Gasteiger charge is 2.47. The van der Waals surface area contributed by atoms with Crippen LogP contribution >= 0.6 is 0 Å². The van der Waals surface area contributed by atoms with Crippen molar-refractivity contribution in [2.24, 2.45) is 5.41 Å². The third kappa shape index (κ3) is 5.54. The number of rotatable bonds is 7. The van der Waals surface area contributed by atoms with E-state index in [4.69, 9.17) is 0 Å². The van der Waals surface area contributed by atoms with Crippen LogP contribution in [0.3, 0.4) is 0 Å². The van der Waals surface area contributed by atoms with Crippen LogP contribution < -0.4 is 9.80 Å². The van der Waals surface area contributed by atoms with Gasteiger partial charge in [-0.25, -0.2) is 9.18 Å². The Morgan fingerprint density at radius 3 is 1.97 bits per heavy atom. The van der Waals surface area contributed by atoms with Crippen molar-refractivity contribution in [3.05, 3.63) is 60.4 Å². The SMILES string of the molecule is O=C(CC1(C(=O)O)CCN(C(=O)N(c2ccc(F)cc2)C2CC2)CC1)N(c1ccccc1)C1CCCCC1. The molecule has 2 aliphatic carbocycles. The normalized spacial score (nSPS) is 19.6. The molecule has 1 heterocycles. The van der Waals surface area contributed by atoms with Crippen molar-refractivity contribution in [1.82, 2.24) is 4.90 Å². The van der Waals surface area contributed by atoms with E-state index in [0.29, 0.717) is 5.69 Å². The van der Waals surface area contributed by atoms with Crippen LogP contribution in [0.15, 0.2) is 54.6 Å². The molecule has 1 saturated heterocycles. The number of hydrogen-bond donors (Lipinski definition) is 1. The molecule has 2 aromatic carbocycles. The molecule has 1 aliphatic heterocycles. The first kappa shape index (κ1) is 26.2. The first-order chi connectivity index (χ1) is 18.4. The highest BCUT2D eigenvalue weighted by atomic mass is 19.1. The van der Waals surface area contributed by atoms with Gasteiger partial charge in [-0.3, -0.25) is 14.5 Å². The lowest BCUT2D eigenvalue weighted by atomic mass is 9.75. The number of carbonyl (C=O) groups excluding carboxylic acids is 2. The molecular weight excluding hydrogens is 485 g/mol. The molecule has 0 aromatic heterocycles. The average molecular weight is 522 g/mol. The van der Waals surface area contributed by atoms with Crippen LogP contribution in [0.4, 0.5) is 20.6 Å². The molecule has 0 radical (unpaired) electrons. The lowest BCUT2D eigenvalue weighted by Gasteiger charge is -2.42. The van der Waals surface area contributed by atoms with Gasteiger partial charge in [-0.15, -0.1) is 0 Å². The molecule has 0 spiro atoms. The van der Waals surface area contributed by atoms with Crippen LogP contribution in [0.2, 0.25) is 0 Å². The lowest BCUT2D eigenvalue weighted by Crippen LogP contribution is -2.53. The number of carbonyl (C=O) groups is 3. The highest BCUT2D eigenvalue weighted by molar-refractivity contribution is 5.97. The minimum Gasteiger partial charge on any atom is -0.481 e. The van der Waals surface area contributed by atoms with Crippen molar-refractivity contribution in [1.29, 1.82) is 0 Å². The average Bonchev–Trinajstić information content (AvgIpc) is 3.77. The van der Waals surface area contributed by atoms with E-state index in [1.807, 2.05) is 35.2 Å². The Labute approximate surface area is 223 Å². The summed E-state index contributed by atoms with van der Waals surface area (Å²) in [6.07, 6.45) is 7.26. The molecule has 5 rings (SSSR count). The van der Waals surface area contributed by atoms with Gasteiger partial charge in [0.1, 0.15) is 5.82 Å².